The SMILES string of the molecule is N#Cc1ccc(-c2noc([C@@H]3CCN3/C(N)=N/O)n2)cc1. The fourth-order valence-electron chi connectivity index (χ4n) is 2.16. The van der Waals surface area contributed by atoms with Crippen molar-refractivity contribution in [1.29, 1.82) is 5.26 Å². The van der Waals surface area contributed by atoms with Gasteiger partial charge in [0.05, 0.1) is 11.6 Å². The molecule has 2 heterocycles. The summed E-state index contributed by atoms with van der Waals surface area (Å²) in [4.78, 5) is 6.01. The molecule has 0 unspecified atom stereocenters. The molecule has 0 amide bonds. The molecule has 0 aliphatic carbocycles. The Morgan fingerprint density at radius 1 is 1.48 bits per heavy atom. The van der Waals surface area contributed by atoms with E-state index in [1.54, 1.807) is 29.2 Å². The van der Waals surface area contributed by atoms with Gasteiger partial charge >= 0.3 is 0 Å². The molecule has 1 fully saturated rings. The zero-order valence-corrected chi connectivity index (χ0v) is 11.0. The average Bonchev–Trinajstić information content (AvgIpc) is 2.95. The first-order valence-electron chi connectivity index (χ1n) is 6.31. The van der Waals surface area contributed by atoms with Gasteiger partial charge in [-0.2, -0.15) is 10.2 Å². The third-order valence-electron chi connectivity index (χ3n) is 3.42. The van der Waals surface area contributed by atoms with Crippen molar-refractivity contribution in [2.75, 3.05) is 6.54 Å². The molecule has 3 rings (SSSR count). The maximum absolute atomic E-state index is 8.77. The Morgan fingerprint density at radius 2 is 2.24 bits per heavy atom. The number of rotatable bonds is 2. The van der Waals surface area contributed by atoms with Crippen molar-refractivity contribution in [1.82, 2.24) is 15.0 Å². The Bertz CT molecular complexity index is 715. The monoisotopic (exact) mass is 284 g/mol. The van der Waals surface area contributed by atoms with Gasteiger partial charge in [0.1, 0.15) is 6.04 Å². The highest BCUT2D eigenvalue weighted by Crippen LogP contribution is 2.32. The van der Waals surface area contributed by atoms with Gasteiger partial charge in [0.25, 0.3) is 0 Å². The summed E-state index contributed by atoms with van der Waals surface area (Å²) in [5.41, 5.74) is 6.89. The van der Waals surface area contributed by atoms with Crippen LogP contribution in [0.1, 0.15) is 23.9 Å². The fraction of sp³-hybridized carbons (Fsp3) is 0.231. The second kappa shape index (κ2) is 5.13. The summed E-state index contributed by atoms with van der Waals surface area (Å²) in [6.07, 6.45) is 0.797. The van der Waals surface area contributed by atoms with Gasteiger partial charge in [-0.15, -0.1) is 0 Å². The smallest absolute Gasteiger partial charge is 0.249 e. The molecule has 1 aliphatic heterocycles. The lowest BCUT2D eigenvalue weighted by Crippen LogP contribution is -2.48. The number of nitrogens with two attached hydrogens (primary N) is 1. The number of nitrogens with zero attached hydrogens (tertiary/aromatic N) is 5. The molecule has 3 N–H and O–H groups in total. The van der Waals surface area contributed by atoms with E-state index in [-0.39, 0.29) is 12.0 Å². The Hall–Kier alpha value is -3.08. The summed E-state index contributed by atoms with van der Waals surface area (Å²) in [5.74, 6) is 0.900. The van der Waals surface area contributed by atoms with Crippen LogP contribution in [0, 0.1) is 11.3 Å². The molecule has 21 heavy (non-hydrogen) atoms. The Morgan fingerprint density at radius 3 is 2.81 bits per heavy atom. The van der Waals surface area contributed by atoms with Gasteiger partial charge in [0.15, 0.2) is 0 Å². The molecular formula is C13H12N6O2. The normalized spacial score (nSPS) is 18.1. The highest BCUT2D eigenvalue weighted by atomic mass is 16.5. The zero-order valence-electron chi connectivity index (χ0n) is 11.0. The third kappa shape index (κ3) is 2.25. The van der Waals surface area contributed by atoms with E-state index in [9.17, 15) is 0 Å². The number of benzene rings is 1. The quantitative estimate of drug-likeness (QED) is 0.365. The first-order valence-corrected chi connectivity index (χ1v) is 6.31. The highest BCUT2D eigenvalue weighted by Gasteiger charge is 2.35. The minimum Gasteiger partial charge on any atom is -0.408 e. The number of oxime groups is 1. The summed E-state index contributed by atoms with van der Waals surface area (Å²) in [5, 5.41) is 24.4. The van der Waals surface area contributed by atoms with Crippen LogP contribution in [0.25, 0.3) is 11.4 Å². The van der Waals surface area contributed by atoms with Gasteiger partial charge < -0.3 is 20.4 Å². The van der Waals surface area contributed by atoms with Crippen molar-refractivity contribution in [3.8, 4) is 17.5 Å². The number of likely N-dealkylation sites (tertiary alicyclic amines) is 1. The minimum atomic E-state index is -0.166. The molecule has 0 bridgehead atoms. The maximum Gasteiger partial charge on any atom is 0.249 e. The second-order valence-corrected chi connectivity index (χ2v) is 4.60. The van der Waals surface area contributed by atoms with E-state index in [1.165, 1.54) is 0 Å². The number of nitriles is 1. The van der Waals surface area contributed by atoms with Crippen molar-refractivity contribution in [2.24, 2.45) is 10.9 Å². The van der Waals surface area contributed by atoms with Crippen molar-refractivity contribution >= 4 is 5.96 Å². The Labute approximate surface area is 120 Å². The minimum absolute atomic E-state index is 0.0318. The van der Waals surface area contributed by atoms with E-state index < -0.39 is 0 Å². The standard InChI is InChI=1S/C13H12N6O2/c14-7-8-1-3-9(4-2-8)11-16-12(21-18-11)10-5-6-19(10)13(15)17-20/h1-4,10,20H,5-6H2,(H2,15,17)/t10-/m0/s1. The Balaban J connectivity index is 1.82. The van der Waals surface area contributed by atoms with E-state index >= 15 is 0 Å². The van der Waals surface area contributed by atoms with Crippen molar-refractivity contribution in [3.63, 3.8) is 0 Å². The number of hydrogen-bond acceptors (Lipinski definition) is 6. The lowest BCUT2D eigenvalue weighted by atomic mass is 10.0. The summed E-state index contributed by atoms with van der Waals surface area (Å²) >= 11 is 0. The molecule has 8 heteroatoms. The summed E-state index contributed by atoms with van der Waals surface area (Å²) in [6, 6.07) is 8.79. The van der Waals surface area contributed by atoms with Crippen LogP contribution < -0.4 is 5.73 Å². The largest absolute Gasteiger partial charge is 0.408 e. The van der Waals surface area contributed by atoms with Gasteiger partial charge in [-0.25, -0.2) is 0 Å². The molecule has 1 aromatic heterocycles. The zero-order chi connectivity index (χ0) is 14.8. The van der Waals surface area contributed by atoms with E-state index in [0.29, 0.717) is 23.8 Å². The van der Waals surface area contributed by atoms with Crippen LogP contribution in [0.4, 0.5) is 0 Å². The fourth-order valence-corrected chi connectivity index (χ4v) is 2.16. The second-order valence-electron chi connectivity index (χ2n) is 4.60. The maximum atomic E-state index is 8.77. The van der Waals surface area contributed by atoms with Gasteiger partial charge in [0, 0.05) is 12.1 Å². The topological polar surface area (TPSA) is 125 Å². The van der Waals surface area contributed by atoms with Gasteiger partial charge in [0.2, 0.25) is 17.7 Å². The molecule has 1 atom stereocenters. The molecule has 8 nitrogen and oxygen atoms in total. The molecule has 0 saturated carbocycles. The molecule has 2 aromatic rings. The lowest BCUT2D eigenvalue weighted by molar-refractivity contribution is 0.135. The van der Waals surface area contributed by atoms with Gasteiger partial charge in [-0.1, -0.05) is 10.3 Å². The van der Waals surface area contributed by atoms with Crippen LogP contribution in [0.2, 0.25) is 0 Å². The van der Waals surface area contributed by atoms with Gasteiger partial charge in [-0.3, -0.25) is 0 Å². The first-order chi connectivity index (χ1) is 10.2. The molecule has 1 aliphatic rings. The van der Waals surface area contributed by atoms with E-state index in [0.717, 1.165) is 12.0 Å². The van der Waals surface area contributed by atoms with Crippen LogP contribution in [0.5, 0.6) is 0 Å². The van der Waals surface area contributed by atoms with Gasteiger partial charge in [-0.05, 0) is 30.7 Å². The summed E-state index contributed by atoms with van der Waals surface area (Å²) in [7, 11) is 0. The number of guanidine groups is 1. The highest BCUT2D eigenvalue weighted by molar-refractivity contribution is 5.78. The lowest BCUT2D eigenvalue weighted by Gasteiger charge is -2.38. The Kier molecular flexibility index (Phi) is 3.16. The van der Waals surface area contributed by atoms with E-state index in [1.807, 2.05) is 0 Å². The molecule has 0 radical (unpaired) electrons. The van der Waals surface area contributed by atoms with E-state index in [2.05, 4.69) is 21.4 Å². The van der Waals surface area contributed by atoms with Crippen molar-refractivity contribution < 1.29 is 9.73 Å². The van der Waals surface area contributed by atoms with Crippen LogP contribution in [-0.2, 0) is 0 Å². The van der Waals surface area contributed by atoms with Crippen molar-refractivity contribution in [3.05, 3.63) is 35.7 Å². The number of hydrogen-bond donors (Lipinski definition) is 2. The molecule has 1 aromatic carbocycles. The van der Waals surface area contributed by atoms with Crippen LogP contribution in [0.3, 0.4) is 0 Å². The average molecular weight is 284 g/mol. The van der Waals surface area contributed by atoms with Crippen LogP contribution in [0.15, 0.2) is 33.9 Å². The van der Waals surface area contributed by atoms with Crippen LogP contribution in [-0.4, -0.2) is 32.8 Å². The van der Waals surface area contributed by atoms with E-state index in [4.69, 9.17) is 20.7 Å². The molecule has 0 spiro atoms. The predicted octanol–water partition coefficient (Wildman–Crippen LogP) is 1.06. The molecule has 1 saturated heterocycles. The molecular weight excluding hydrogens is 272 g/mol. The van der Waals surface area contributed by atoms with Crippen LogP contribution >= 0.6 is 0 Å². The summed E-state index contributed by atoms with van der Waals surface area (Å²) in [6.45, 7) is 0.676. The first kappa shape index (κ1) is 12.9. The number of aromatic nitrogens is 2. The summed E-state index contributed by atoms with van der Waals surface area (Å²) < 4.78 is 5.24. The predicted molar refractivity (Wildman–Crippen MR) is 71.9 cm³/mol. The molecule has 106 valence electrons. The third-order valence-corrected chi connectivity index (χ3v) is 3.42. The van der Waals surface area contributed by atoms with Crippen molar-refractivity contribution in [2.45, 2.75) is 12.5 Å².